The van der Waals surface area contributed by atoms with Crippen molar-refractivity contribution in [3.63, 3.8) is 0 Å². The van der Waals surface area contributed by atoms with Crippen molar-refractivity contribution in [3.05, 3.63) is 46.5 Å². The Morgan fingerprint density at radius 3 is 2.68 bits per heavy atom. The normalized spacial score (nSPS) is 19.9. The molecule has 8 heteroatoms. The second kappa shape index (κ2) is 10.6. The minimum absolute atomic E-state index is 0.0242. The van der Waals surface area contributed by atoms with Crippen LogP contribution in [0.1, 0.15) is 31.9 Å². The van der Waals surface area contributed by atoms with E-state index in [1.165, 1.54) is 31.9 Å². The molecule has 1 aliphatic rings. The van der Waals surface area contributed by atoms with E-state index in [0.717, 1.165) is 5.57 Å². The molecule has 152 valence electrons. The number of hydrogen-bond donors (Lipinski definition) is 0. The number of ether oxygens (including phenoxy) is 2. The molecule has 1 heterocycles. The van der Waals surface area contributed by atoms with Gasteiger partial charge in [0.1, 0.15) is 6.04 Å². The molecule has 0 amide bonds. The van der Waals surface area contributed by atoms with Crippen LogP contribution < -0.4 is 0 Å². The third kappa shape index (κ3) is 5.83. The largest absolute Gasteiger partial charge is 0.468 e. The predicted octanol–water partition coefficient (Wildman–Crippen LogP) is 3.40. The number of likely N-dealkylation sites (tertiary alicyclic amines) is 1. The van der Waals surface area contributed by atoms with Gasteiger partial charge in [-0.2, -0.15) is 0 Å². The highest BCUT2D eigenvalue weighted by Gasteiger charge is 2.35. The summed E-state index contributed by atoms with van der Waals surface area (Å²) in [6.45, 7) is 4.38. The van der Waals surface area contributed by atoms with E-state index in [0.29, 0.717) is 30.1 Å². The van der Waals surface area contributed by atoms with Crippen LogP contribution in [0, 0.1) is 0 Å². The molecule has 0 aromatic heterocycles. The topological polar surface area (TPSA) is 72.9 Å². The number of halogens is 1. The number of thioether (sulfide) groups is 1. The molecule has 1 aromatic rings. The van der Waals surface area contributed by atoms with Gasteiger partial charge in [-0.3, -0.25) is 9.69 Å². The monoisotopic (exact) mass is 425 g/mol. The summed E-state index contributed by atoms with van der Waals surface area (Å²) >= 11 is 7.51. The van der Waals surface area contributed by atoms with Crippen LogP contribution in [0.4, 0.5) is 0 Å². The molecule has 0 spiro atoms. The lowest BCUT2D eigenvalue weighted by molar-refractivity contribution is -0.147. The molecule has 0 aliphatic carbocycles. The van der Waals surface area contributed by atoms with Gasteiger partial charge in [-0.25, -0.2) is 9.59 Å². The highest BCUT2D eigenvalue weighted by molar-refractivity contribution is 8.14. The lowest BCUT2D eigenvalue weighted by Gasteiger charge is -2.37. The number of nitrogens with zero attached hydrogens (tertiary/aromatic N) is 1. The average molecular weight is 426 g/mol. The Morgan fingerprint density at radius 1 is 1.36 bits per heavy atom. The van der Waals surface area contributed by atoms with E-state index in [9.17, 15) is 14.4 Å². The van der Waals surface area contributed by atoms with Crippen LogP contribution >= 0.6 is 23.4 Å². The zero-order chi connectivity index (χ0) is 20.7. The number of methoxy groups -OCH3 is 1. The SMILES string of the molecule is CCOC(=O)/C=C1\CN([C@H](C(=O)OC)c2ccccc2Cl)CC[C@H]1SC(C)=O. The second-order valence-electron chi connectivity index (χ2n) is 6.28. The summed E-state index contributed by atoms with van der Waals surface area (Å²) in [6.07, 6.45) is 2.03. The molecule has 1 fully saturated rings. The Bertz CT molecular complexity index is 767. The van der Waals surface area contributed by atoms with E-state index in [2.05, 4.69) is 0 Å². The summed E-state index contributed by atoms with van der Waals surface area (Å²) in [4.78, 5) is 38.1. The van der Waals surface area contributed by atoms with Crippen LogP contribution in [0.25, 0.3) is 0 Å². The number of carbonyl (C=O) groups excluding carboxylic acids is 3. The molecule has 0 N–H and O–H groups in total. The first kappa shape index (κ1) is 22.5. The zero-order valence-electron chi connectivity index (χ0n) is 16.1. The Kier molecular flexibility index (Phi) is 8.54. The summed E-state index contributed by atoms with van der Waals surface area (Å²) < 4.78 is 10.0. The molecule has 0 radical (unpaired) electrons. The number of hydrogen-bond acceptors (Lipinski definition) is 7. The van der Waals surface area contributed by atoms with Gasteiger partial charge >= 0.3 is 11.9 Å². The van der Waals surface area contributed by atoms with Gasteiger partial charge in [-0.05, 0) is 30.5 Å². The first-order chi connectivity index (χ1) is 13.4. The van der Waals surface area contributed by atoms with E-state index in [1.54, 1.807) is 25.1 Å². The molecule has 2 atom stereocenters. The van der Waals surface area contributed by atoms with Crippen molar-refractivity contribution < 1.29 is 23.9 Å². The summed E-state index contributed by atoms with van der Waals surface area (Å²) in [5.41, 5.74) is 1.38. The smallest absolute Gasteiger partial charge is 0.330 e. The van der Waals surface area contributed by atoms with E-state index < -0.39 is 18.0 Å². The number of carbonyl (C=O) groups is 3. The van der Waals surface area contributed by atoms with Crippen molar-refractivity contribution in [2.75, 3.05) is 26.8 Å². The molecular weight excluding hydrogens is 402 g/mol. The molecule has 6 nitrogen and oxygen atoms in total. The highest BCUT2D eigenvalue weighted by atomic mass is 35.5. The van der Waals surface area contributed by atoms with Crippen LogP contribution in [0.15, 0.2) is 35.9 Å². The van der Waals surface area contributed by atoms with Crippen LogP contribution in [0.5, 0.6) is 0 Å². The minimum atomic E-state index is -0.701. The lowest BCUT2D eigenvalue weighted by Crippen LogP contribution is -2.43. The van der Waals surface area contributed by atoms with Crippen molar-refractivity contribution in [1.82, 2.24) is 4.90 Å². The molecule has 0 unspecified atom stereocenters. The lowest BCUT2D eigenvalue weighted by atomic mass is 9.98. The molecule has 0 saturated carbocycles. The summed E-state index contributed by atoms with van der Waals surface area (Å²) in [5.74, 6) is -0.887. The highest BCUT2D eigenvalue weighted by Crippen LogP contribution is 2.35. The quantitative estimate of drug-likeness (QED) is 0.510. The van der Waals surface area contributed by atoms with Gasteiger partial charge in [0.25, 0.3) is 0 Å². The van der Waals surface area contributed by atoms with E-state index in [4.69, 9.17) is 21.1 Å². The van der Waals surface area contributed by atoms with Crippen molar-refractivity contribution in [3.8, 4) is 0 Å². The van der Waals surface area contributed by atoms with Crippen molar-refractivity contribution in [2.24, 2.45) is 0 Å². The standard InChI is InChI=1S/C20H24ClNO5S/c1-4-27-18(24)11-14-12-22(10-9-17(14)28-13(2)23)19(20(25)26-3)15-7-5-6-8-16(15)21/h5-8,11,17,19H,4,9-10,12H2,1-3H3/b14-11+/t17-,19+/m1/s1. The Hall–Kier alpha value is -1.83. The van der Waals surface area contributed by atoms with Crippen LogP contribution in [-0.2, 0) is 23.9 Å². The molecule has 28 heavy (non-hydrogen) atoms. The van der Waals surface area contributed by atoms with E-state index in [-0.39, 0.29) is 17.0 Å². The Labute approximate surface area is 174 Å². The van der Waals surface area contributed by atoms with E-state index in [1.807, 2.05) is 11.0 Å². The maximum atomic E-state index is 12.6. The molecule has 1 saturated heterocycles. The number of rotatable bonds is 6. The molecule has 2 rings (SSSR count). The van der Waals surface area contributed by atoms with Crippen LogP contribution in [0.3, 0.4) is 0 Å². The van der Waals surface area contributed by atoms with E-state index >= 15 is 0 Å². The summed E-state index contributed by atoms with van der Waals surface area (Å²) in [5, 5.41) is 0.306. The van der Waals surface area contributed by atoms with Gasteiger partial charge in [0.05, 0.1) is 13.7 Å². The van der Waals surface area contributed by atoms with Crippen LogP contribution in [0.2, 0.25) is 5.02 Å². The average Bonchev–Trinajstić information content (AvgIpc) is 2.65. The molecular formula is C20H24ClNO5S. The fourth-order valence-electron chi connectivity index (χ4n) is 3.19. The van der Waals surface area contributed by atoms with Crippen molar-refractivity contribution in [2.45, 2.75) is 31.6 Å². The van der Waals surface area contributed by atoms with Gasteiger partial charge in [-0.15, -0.1) is 0 Å². The molecule has 1 aliphatic heterocycles. The minimum Gasteiger partial charge on any atom is -0.468 e. The summed E-state index contributed by atoms with van der Waals surface area (Å²) in [6, 6.07) is 6.41. The Balaban J connectivity index is 2.35. The summed E-state index contributed by atoms with van der Waals surface area (Å²) in [7, 11) is 1.33. The second-order valence-corrected chi connectivity index (χ2v) is 8.06. The predicted molar refractivity (Wildman–Crippen MR) is 109 cm³/mol. The number of benzene rings is 1. The Morgan fingerprint density at radius 2 is 2.07 bits per heavy atom. The number of piperidine rings is 1. The van der Waals surface area contributed by atoms with Crippen LogP contribution in [-0.4, -0.2) is 54.0 Å². The van der Waals surface area contributed by atoms with Gasteiger partial charge in [0, 0.05) is 36.4 Å². The third-order valence-corrected chi connectivity index (χ3v) is 5.86. The molecule has 1 aromatic carbocycles. The van der Waals surface area contributed by atoms with Gasteiger partial charge < -0.3 is 9.47 Å². The van der Waals surface area contributed by atoms with Crippen molar-refractivity contribution in [1.29, 1.82) is 0 Å². The van der Waals surface area contributed by atoms with Crippen molar-refractivity contribution >= 4 is 40.4 Å². The number of esters is 2. The fourth-order valence-corrected chi connectivity index (χ4v) is 4.35. The maximum Gasteiger partial charge on any atom is 0.330 e. The first-order valence-corrected chi connectivity index (χ1v) is 10.2. The zero-order valence-corrected chi connectivity index (χ0v) is 17.7. The maximum absolute atomic E-state index is 12.6. The van der Waals surface area contributed by atoms with Gasteiger partial charge in [0.15, 0.2) is 5.12 Å². The fraction of sp³-hybridized carbons (Fsp3) is 0.450. The first-order valence-electron chi connectivity index (χ1n) is 8.98. The molecule has 0 bridgehead atoms. The third-order valence-electron chi connectivity index (χ3n) is 4.37. The van der Waals surface area contributed by atoms with Gasteiger partial charge in [0.2, 0.25) is 0 Å². The van der Waals surface area contributed by atoms with Gasteiger partial charge in [-0.1, -0.05) is 41.6 Å².